The number of aliphatic hydroxyl groups is 1. The van der Waals surface area contributed by atoms with Gasteiger partial charge >= 0.3 is 0 Å². The average molecular weight is 370 g/mol. The van der Waals surface area contributed by atoms with Crippen LogP contribution >= 0.6 is 0 Å². The van der Waals surface area contributed by atoms with E-state index in [0.717, 1.165) is 39.3 Å². The number of aromatic nitrogens is 2. The molecule has 0 spiro atoms. The first kappa shape index (κ1) is 18.0. The first-order chi connectivity index (χ1) is 13.6. The minimum Gasteiger partial charge on any atom is -0.497 e. The third kappa shape index (κ3) is 3.68. The van der Waals surface area contributed by atoms with Crippen LogP contribution in [0.25, 0.3) is 22.4 Å². The summed E-state index contributed by atoms with van der Waals surface area (Å²) < 4.78 is 5.22. The largest absolute Gasteiger partial charge is 0.497 e. The lowest BCUT2D eigenvalue weighted by molar-refractivity contribution is 0.220. The molecule has 4 heteroatoms. The summed E-state index contributed by atoms with van der Waals surface area (Å²) in [5.41, 5.74) is 6.91. The third-order valence-corrected chi connectivity index (χ3v) is 4.90. The molecule has 1 aromatic heterocycles. The number of ether oxygens (including phenoxy) is 1. The van der Waals surface area contributed by atoms with Crippen molar-refractivity contribution < 1.29 is 9.84 Å². The van der Waals surface area contributed by atoms with Gasteiger partial charge in [-0.3, -0.25) is 5.10 Å². The van der Waals surface area contributed by atoms with E-state index in [1.54, 1.807) is 13.3 Å². The highest BCUT2D eigenvalue weighted by atomic mass is 16.5. The number of nitrogens with zero attached hydrogens (tertiary/aromatic N) is 1. The lowest BCUT2D eigenvalue weighted by Crippen LogP contribution is -2.01. The molecule has 0 radical (unpaired) electrons. The van der Waals surface area contributed by atoms with Crippen molar-refractivity contribution in [2.45, 2.75) is 13.0 Å². The zero-order chi connectivity index (χ0) is 19.5. The van der Waals surface area contributed by atoms with Gasteiger partial charge in [0, 0.05) is 11.8 Å². The van der Waals surface area contributed by atoms with E-state index in [1.807, 2.05) is 42.5 Å². The third-order valence-electron chi connectivity index (χ3n) is 4.90. The minimum absolute atomic E-state index is 0.738. The van der Waals surface area contributed by atoms with E-state index < -0.39 is 6.10 Å². The Labute approximate surface area is 164 Å². The quantitative estimate of drug-likeness (QED) is 0.511. The summed E-state index contributed by atoms with van der Waals surface area (Å²) in [6, 6.07) is 24.0. The van der Waals surface area contributed by atoms with Crippen LogP contribution in [-0.2, 0) is 0 Å². The molecule has 140 valence electrons. The molecule has 1 unspecified atom stereocenters. The second-order valence-corrected chi connectivity index (χ2v) is 6.86. The summed E-state index contributed by atoms with van der Waals surface area (Å²) in [7, 11) is 1.63. The Morgan fingerprint density at radius 2 is 1.54 bits per heavy atom. The number of aliphatic hydroxyl groups excluding tert-OH is 1. The lowest BCUT2D eigenvalue weighted by atomic mass is 9.93. The Bertz CT molecular complexity index is 1050. The van der Waals surface area contributed by atoms with E-state index in [1.165, 1.54) is 5.56 Å². The van der Waals surface area contributed by atoms with Gasteiger partial charge in [0.2, 0.25) is 0 Å². The Hall–Kier alpha value is -3.37. The summed E-state index contributed by atoms with van der Waals surface area (Å²) in [5, 5.41) is 18.1. The Morgan fingerprint density at radius 3 is 2.18 bits per heavy atom. The molecule has 0 saturated heterocycles. The molecular weight excluding hydrogens is 348 g/mol. The molecule has 0 saturated carbocycles. The van der Waals surface area contributed by atoms with Crippen LogP contribution in [0.4, 0.5) is 0 Å². The van der Waals surface area contributed by atoms with Crippen LogP contribution in [-0.4, -0.2) is 22.4 Å². The number of hydrogen-bond acceptors (Lipinski definition) is 3. The van der Waals surface area contributed by atoms with Gasteiger partial charge in [-0.2, -0.15) is 5.10 Å². The van der Waals surface area contributed by atoms with E-state index in [2.05, 4.69) is 47.5 Å². The van der Waals surface area contributed by atoms with Crippen LogP contribution < -0.4 is 4.74 Å². The van der Waals surface area contributed by atoms with Crippen LogP contribution in [0.2, 0.25) is 0 Å². The van der Waals surface area contributed by atoms with E-state index >= 15 is 0 Å². The van der Waals surface area contributed by atoms with Gasteiger partial charge in [0.25, 0.3) is 0 Å². The number of aryl methyl sites for hydroxylation is 1. The van der Waals surface area contributed by atoms with Crippen molar-refractivity contribution in [3.63, 3.8) is 0 Å². The fourth-order valence-electron chi connectivity index (χ4n) is 3.27. The number of benzene rings is 3. The number of nitrogens with one attached hydrogen (secondary N) is 1. The predicted molar refractivity (Wildman–Crippen MR) is 111 cm³/mol. The number of hydrogen-bond donors (Lipinski definition) is 2. The first-order valence-electron chi connectivity index (χ1n) is 9.18. The van der Waals surface area contributed by atoms with Crippen LogP contribution in [0.5, 0.6) is 5.75 Å². The van der Waals surface area contributed by atoms with Crippen LogP contribution in [0.15, 0.2) is 79.0 Å². The molecule has 0 bridgehead atoms. The Morgan fingerprint density at radius 1 is 0.821 bits per heavy atom. The normalized spacial score (nSPS) is 12.0. The van der Waals surface area contributed by atoms with Gasteiger partial charge in [0.05, 0.1) is 12.8 Å². The molecule has 4 aromatic rings. The van der Waals surface area contributed by atoms with Crippen molar-refractivity contribution >= 4 is 0 Å². The number of rotatable bonds is 5. The molecule has 1 heterocycles. The highest BCUT2D eigenvalue weighted by molar-refractivity contribution is 5.73. The molecule has 0 aliphatic carbocycles. The van der Waals surface area contributed by atoms with Gasteiger partial charge in [-0.15, -0.1) is 0 Å². The second-order valence-electron chi connectivity index (χ2n) is 6.86. The highest BCUT2D eigenvalue weighted by Gasteiger charge is 2.14. The van der Waals surface area contributed by atoms with Gasteiger partial charge in [-0.05, 0) is 65.6 Å². The topological polar surface area (TPSA) is 58.1 Å². The maximum absolute atomic E-state index is 11.0. The van der Waals surface area contributed by atoms with Gasteiger partial charge in [0.1, 0.15) is 11.9 Å². The number of H-pyrrole nitrogens is 1. The van der Waals surface area contributed by atoms with Crippen molar-refractivity contribution in [1.29, 1.82) is 0 Å². The summed E-state index contributed by atoms with van der Waals surface area (Å²) in [6.45, 7) is 2.07. The van der Waals surface area contributed by atoms with Crippen molar-refractivity contribution in [3.8, 4) is 28.1 Å². The fraction of sp³-hybridized carbons (Fsp3) is 0.125. The first-order valence-corrected chi connectivity index (χ1v) is 9.18. The number of methoxy groups -OCH3 is 1. The summed E-state index contributed by atoms with van der Waals surface area (Å²) in [6.07, 6.45) is 0.992. The predicted octanol–water partition coefficient (Wildman–Crippen LogP) is 5.14. The molecule has 1 atom stereocenters. The zero-order valence-electron chi connectivity index (χ0n) is 15.9. The maximum Gasteiger partial charge on any atom is 0.118 e. The van der Waals surface area contributed by atoms with Crippen molar-refractivity contribution in [3.05, 3.63) is 95.7 Å². The Kier molecular flexibility index (Phi) is 4.96. The molecule has 2 N–H and O–H groups in total. The lowest BCUT2D eigenvalue weighted by Gasteiger charge is -2.16. The summed E-state index contributed by atoms with van der Waals surface area (Å²) in [4.78, 5) is 0. The van der Waals surface area contributed by atoms with E-state index in [4.69, 9.17) is 4.74 Å². The molecule has 28 heavy (non-hydrogen) atoms. The van der Waals surface area contributed by atoms with E-state index in [9.17, 15) is 5.11 Å². The molecule has 0 amide bonds. The molecule has 0 fully saturated rings. The SMILES string of the molecule is COc1ccc(C(O)c2cc(-c3ccc(C)cc3)cc(-c3ccn[nH]3)c2)cc1. The van der Waals surface area contributed by atoms with Gasteiger partial charge < -0.3 is 9.84 Å². The molecule has 0 aliphatic heterocycles. The molecule has 3 aromatic carbocycles. The highest BCUT2D eigenvalue weighted by Crippen LogP contribution is 2.32. The average Bonchev–Trinajstić information content (AvgIpc) is 3.28. The zero-order valence-corrected chi connectivity index (χ0v) is 15.9. The summed E-state index contributed by atoms with van der Waals surface area (Å²) in [5.74, 6) is 0.766. The van der Waals surface area contributed by atoms with Crippen LogP contribution in [0, 0.1) is 6.92 Å². The molecular formula is C24H22N2O2. The minimum atomic E-state index is -0.738. The smallest absolute Gasteiger partial charge is 0.118 e. The summed E-state index contributed by atoms with van der Waals surface area (Å²) >= 11 is 0. The molecule has 4 nitrogen and oxygen atoms in total. The van der Waals surface area contributed by atoms with Crippen LogP contribution in [0.1, 0.15) is 22.8 Å². The maximum atomic E-state index is 11.0. The molecule has 4 rings (SSSR count). The van der Waals surface area contributed by atoms with Crippen LogP contribution in [0.3, 0.4) is 0 Å². The van der Waals surface area contributed by atoms with Gasteiger partial charge in [-0.1, -0.05) is 42.0 Å². The number of aromatic amines is 1. The second kappa shape index (κ2) is 7.71. The van der Waals surface area contributed by atoms with Gasteiger partial charge in [-0.25, -0.2) is 0 Å². The van der Waals surface area contributed by atoms with Crippen molar-refractivity contribution in [2.75, 3.05) is 7.11 Å². The fourth-order valence-corrected chi connectivity index (χ4v) is 3.27. The standard InChI is InChI=1S/C24H22N2O2/c1-16-3-5-17(6-4-16)19-13-20(23-11-12-25-26-23)15-21(14-19)24(27)18-7-9-22(28-2)10-8-18/h3-15,24,27H,1-2H3,(H,25,26). The van der Waals surface area contributed by atoms with Crippen molar-refractivity contribution in [1.82, 2.24) is 10.2 Å². The van der Waals surface area contributed by atoms with E-state index in [-0.39, 0.29) is 0 Å². The van der Waals surface area contributed by atoms with Crippen molar-refractivity contribution in [2.24, 2.45) is 0 Å². The van der Waals surface area contributed by atoms with Gasteiger partial charge in [0.15, 0.2) is 0 Å². The van der Waals surface area contributed by atoms with E-state index in [0.29, 0.717) is 0 Å². The monoisotopic (exact) mass is 370 g/mol. The Balaban J connectivity index is 1.79. The molecule has 0 aliphatic rings.